The Morgan fingerprint density at radius 2 is 1.53 bits per heavy atom. The van der Waals surface area contributed by atoms with E-state index in [9.17, 15) is 23.1 Å². The van der Waals surface area contributed by atoms with E-state index in [1.165, 1.54) is 24.1 Å². The van der Waals surface area contributed by atoms with Crippen molar-refractivity contribution in [3.05, 3.63) is 102 Å². The van der Waals surface area contributed by atoms with Gasteiger partial charge in [0.1, 0.15) is 12.1 Å². The molecule has 9 heteroatoms. The number of benzene rings is 3. The fourth-order valence-corrected chi connectivity index (χ4v) is 5.95. The highest BCUT2D eigenvalue weighted by atomic mass is 32.2. The first-order chi connectivity index (χ1) is 17.3. The molecule has 188 valence electrons. The molecule has 0 unspecified atom stereocenters. The van der Waals surface area contributed by atoms with E-state index in [1.54, 1.807) is 48.5 Å². The van der Waals surface area contributed by atoms with Gasteiger partial charge in [0.2, 0.25) is 10.0 Å². The largest absolute Gasteiger partial charge is 0.395 e. The lowest BCUT2D eigenvalue weighted by Crippen LogP contribution is -2.66. The molecule has 36 heavy (non-hydrogen) atoms. The van der Waals surface area contributed by atoms with Crippen molar-refractivity contribution in [3.63, 3.8) is 0 Å². The molecule has 0 aromatic heterocycles. The number of carbonyl (C=O) groups excluding carboxylic acids is 2. The van der Waals surface area contributed by atoms with Crippen molar-refractivity contribution in [1.82, 2.24) is 9.21 Å². The third-order valence-corrected chi connectivity index (χ3v) is 8.20. The number of Topliss-reactive ketones (excluding diaryl/α,β-unsaturated/α-hetero) is 1. The van der Waals surface area contributed by atoms with E-state index < -0.39 is 46.5 Å². The zero-order valence-corrected chi connectivity index (χ0v) is 20.6. The van der Waals surface area contributed by atoms with Gasteiger partial charge in [-0.3, -0.25) is 9.59 Å². The Balaban J connectivity index is 1.71. The summed E-state index contributed by atoms with van der Waals surface area (Å²) in [5.74, 6) is -0.883. The van der Waals surface area contributed by atoms with Crippen LogP contribution in [-0.4, -0.2) is 72.8 Å². The average Bonchev–Trinajstić information content (AvgIpc) is 2.92. The third kappa shape index (κ3) is 5.24. The first kappa shape index (κ1) is 25.7. The summed E-state index contributed by atoms with van der Waals surface area (Å²) in [4.78, 5) is 28.1. The van der Waals surface area contributed by atoms with Crippen LogP contribution in [0.4, 0.5) is 0 Å². The standard InChI is InChI=1S/C27H28N2O6S/c1-28(27(32)21-13-7-3-8-14-21)23-17-29(36(33,34)22-15-9-4-10-16-22)24(18-30)26(25(23)31)35-19-20-11-5-2-6-12-20/h2-16,23-24,26,30H,17-19H2,1H3/t23-,24-,26+/m0/s1. The van der Waals surface area contributed by atoms with Crippen molar-refractivity contribution in [2.24, 2.45) is 0 Å². The van der Waals surface area contributed by atoms with Gasteiger partial charge in [0, 0.05) is 19.2 Å². The van der Waals surface area contributed by atoms with Gasteiger partial charge in [0.15, 0.2) is 5.78 Å². The zero-order chi connectivity index (χ0) is 25.7. The van der Waals surface area contributed by atoms with Crippen LogP contribution in [0.1, 0.15) is 15.9 Å². The van der Waals surface area contributed by atoms with Gasteiger partial charge in [0.05, 0.1) is 24.2 Å². The number of ether oxygens (including phenoxy) is 1. The van der Waals surface area contributed by atoms with E-state index in [-0.39, 0.29) is 18.0 Å². The van der Waals surface area contributed by atoms with Gasteiger partial charge >= 0.3 is 0 Å². The van der Waals surface area contributed by atoms with Crippen LogP contribution in [0.2, 0.25) is 0 Å². The molecule has 8 nitrogen and oxygen atoms in total. The van der Waals surface area contributed by atoms with Crippen molar-refractivity contribution in [2.45, 2.75) is 29.7 Å². The predicted molar refractivity (Wildman–Crippen MR) is 134 cm³/mol. The lowest BCUT2D eigenvalue weighted by atomic mass is 9.94. The van der Waals surface area contributed by atoms with Gasteiger partial charge in [-0.2, -0.15) is 4.31 Å². The molecule has 1 fully saturated rings. The molecular formula is C27H28N2O6S. The SMILES string of the molecule is CN(C(=O)c1ccccc1)[C@H]1CN(S(=O)(=O)c2ccccc2)[C@@H](CO)[C@@H](OCc2ccccc2)C1=O. The van der Waals surface area contributed by atoms with Gasteiger partial charge in [-0.1, -0.05) is 66.7 Å². The van der Waals surface area contributed by atoms with Crippen LogP contribution in [0.25, 0.3) is 0 Å². The molecule has 0 radical (unpaired) electrons. The van der Waals surface area contributed by atoms with E-state index >= 15 is 0 Å². The van der Waals surface area contributed by atoms with Gasteiger partial charge in [-0.15, -0.1) is 0 Å². The summed E-state index contributed by atoms with van der Waals surface area (Å²) in [6, 6.07) is 23.1. The van der Waals surface area contributed by atoms with Gasteiger partial charge in [0.25, 0.3) is 5.91 Å². The maximum Gasteiger partial charge on any atom is 0.254 e. The molecule has 1 aliphatic rings. The van der Waals surface area contributed by atoms with Crippen LogP contribution >= 0.6 is 0 Å². The van der Waals surface area contributed by atoms with Crippen LogP contribution in [0.3, 0.4) is 0 Å². The number of sulfonamides is 1. The van der Waals surface area contributed by atoms with E-state index in [0.29, 0.717) is 5.56 Å². The number of hydrogen-bond acceptors (Lipinski definition) is 6. The number of ketones is 1. The molecule has 3 atom stereocenters. The summed E-state index contributed by atoms with van der Waals surface area (Å²) in [5, 5.41) is 10.3. The number of aliphatic hydroxyl groups is 1. The minimum atomic E-state index is -4.12. The summed E-state index contributed by atoms with van der Waals surface area (Å²) < 4.78 is 34.3. The minimum absolute atomic E-state index is 0.0235. The fraction of sp³-hybridized carbons (Fsp3) is 0.259. The number of nitrogens with zero attached hydrogens (tertiary/aromatic N) is 2. The van der Waals surface area contributed by atoms with Crippen molar-refractivity contribution >= 4 is 21.7 Å². The molecule has 1 saturated heterocycles. The second kappa shape index (κ2) is 11.1. The molecule has 0 aliphatic carbocycles. The molecular weight excluding hydrogens is 480 g/mol. The Hall–Kier alpha value is -3.37. The van der Waals surface area contributed by atoms with Crippen molar-refractivity contribution < 1.29 is 27.9 Å². The number of rotatable bonds is 8. The Morgan fingerprint density at radius 3 is 2.11 bits per heavy atom. The van der Waals surface area contributed by atoms with Crippen molar-refractivity contribution in [3.8, 4) is 0 Å². The van der Waals surface area contributed by atoms with Crippen molar-refractivity contribution in [1.29, 1.82) is 0 Å². The molecule has 1 aliphatic heterocycles. The lowest BCUT2D eigenvalue weighted by molar-refractivity contribution is -0.147. The maximum atomic E-state index is 13.7. The van der Waals surface area contributed by atoms with E-state index in [0.717, 1.165) is 9.87 Å². The Morgan fingerprint density at radius 1 is 0.972 bits per heavy atom. The first-order valence-corrected chi connectivity index (χ1v) is 13.0. The number of hydrogen-bond donors (Lipinski definition) is 1. The summed E-state index contributed by atoms with van der Waals surface area (Å²) in [7, 11) is -2.65. The van der Waals surface area contributed by atoms with Gasteiger partial charge in [-0.05, 0) is 29.8 Å². The lowest BCUT2D eigenvalue weighted by Gasteiger charge is -2.44. The molecule has 1 amide bonds. The molecule has 1 N–H and O–H groups in total. The quantitative estimate of drug-likeness (QED) is 0.501. The van der Waals surface area contributed by atoms with Crippen LogP contribution in [0, 0.1) is 0 Å². The van der Waals surface area contributed by atoms with Gasteiger partial charge in [-0.25, -0.2) is 8.42 Å². The topological polar surface area (TPSA) is 104 Å². The molecule has 1 heterocycles. The minimum Gasteiger partial charge on any atom is -0.395 e. The van der Waals surface area contributed by atoms with E-state index in [4.69, 9.17) is 4.74 Å². The average molecular weight is 509 g/mol. The second-order valence-electron chi connectivity index (χ2n) is 8.56. The molecule has 4 rings (SSSR count). The molecule has 3 aromatic rings. The predicted octanol–water partition coefficient (Wildman–Crippen LogP) is 2.35. The molecule has 0 bridgehead atoms. The third-order valence-electron chi connectivity index (χ3n) is 6.30. The number of piperidine rings is 1. The molecule has 0 spiro atoms. The maximum absolute atomic E-state index is 13.7. The van der Waals surface area contributed by atoms with E-state index in [2.05, 4.69) is 0 Å². The number of aliphatic hydroxyl groups excluding tert-OH is 1. The Bertz CT molecular complexity index is 1290. The van der Waals surface area contributed by atoms with Crippen LogP contribution in [0.15, 0.2) is 95.9 Å². The number of amides is 1. The smallest absolute Gasteiger partial charge is 0.254 e. The summed E-state index contributed by atoms with van der Waals surface area (Å²) in [6.07, 6.45) is -1.28. The highest BCUT2D eigenvalue weighted by Crippen LogP contribution is 2.28. The first-order valence-electron chi connectivity index (χ1n) is 11.5. The normalized spacial score (nSPS) is 20.7. The zero-order valence-electron chi connectivity index (χ0n) is 19.8. The van der Waals surface area contributed by atoms with Crippen LogP contribution < -0.4 is 0 Å². The highest BCUT2D eigenvalue weighted by Gasteiger charge is 2.50. The summed E-state index contributed by atoms with van der Waals surface area (Å²) in [6.45, 7) is -0.891. The highest BCUT2D eigenvalue weighted by molar-refractivity contribution is 7.89. The van der Waals surface area contributed by atoms with Crippen LogP contribution in [0.5, 0.6) is 0 Å². The summed E-state index contributed by atoms with van der Waals surface area (Å²) >= 11 is 0. The second-order valence-corrected chi connectivity index (χ2v) is 10.4. The number of likely N-dealkylation sites (N-methyl/N-ethyl adjacent to an activating group) is 1. The van der Waals surface area contributed by atoms with Crippen molar-refractivity contribution in [2.75, 3.05) is 20.2 Å². The molecule has 3 aromatic carbocycles. The molecule has 0 saturated carbocycles. The van der Waals surface area contributed by atoms with Crippen LogP contribution in [-0.2, 0) is 26.2 Å². The number of carbonyl (C=O) groups is 2. The summed E-state index contributed by atoms with van der Waals surface area (Å²) in [5.41, 5.74) is 1.16. The van der Waals surface area contributed by atoms with E-state index in [1.807, 2.05) is 30.3 Å². The monoisotopic (exact) mass is 508 g/mol. The van der Waals surface area contributed by atoms with Gasteiger partial charge < -0.3 is 14.7 Å². The Labute approximate surface area is 210 Å². The fourth-order valence-electron chi connectivity index (χ4n) is 4.31. The Kier molecular flexibility index (Phi) is 7.95.